The molecule has 4 nitrogen and oxygen atoms in total. The van der Waals surface area contributed by atoms with E-state index in [1.54, 1.807) is 60.7 Å². The first-order valence-corrected chi connectivity index (χ1v) is 9.54. The maximum Gasteiger partial charge on any atom is 0.320 e. The van der Waals surface area contributed by atoms with Crippen molar-refractivity contribution in [2.45, 2.75) is 6.55 Å². The van der Waals surface area contributed by atoms with Crippen LogP contribution in [0, 0.1) is 3.57 Å². The lowest BCUT2D eigenvalue weighted by atomic mass is 10.1. The molecule has 1 N–H and O–H groups in total. The summed E-state index contributed by atoms with van der Waals surface area (Å²) in [5.74, 6) is -0.0377. The van der Waals surface area contributed by atoms with Crippen LogP contribution >= 0.6 is 22.6 Å². The molecule has 0 fully saturated rings. The van der Waals surface area contributed by atoms with E-state index in [-0.39, 0.29) is 11.7 Å². The Morgan fingerprint density at radius 2 is 1.64 bits per heavy atom. The first kappa shape index (κ1) is 18.5. The third-order valence-corrected chi connectivity index (χ3v) is 5.25. The van der Waals surface area contributed by atoms with Gasteiger partial charge in [0, 0.05) is 14.8 Å². The van der Waals surface area contributed by atoms with Crippen LogP contribution in [0.25, 0.3) is 22.4 Å². The van der Waals surface area contributed by atoms with Crippen LogP contribution in [-0.2, 0) is 0 Å². The van der Waals surface area contributed by atoms with Gasteiger partial charge in [0.2, 0.25) is 0 Å². The number of anilines is 1. The lowest BCUT2D eigenvalue weighted by Gasteiger charge is -2.10. The van der Waals surface area contributed by atoms with Crippen LogP contribution in [0.4, 0.5) is 14.5 Å². The van der Waals surface area contributed by atoms with Gasteiger partial charge in [-0.1, -0.05) is 24.3 Å². The number of nitrogens with one attached hydrogen (secondary N) is 1. The minimum atomic E-state index is -2.71. The smallest absolute Gasteiger partial charge is 0.320 e. The standard InChI is InChI=1S/C21H14F2IN3O/c22-21(23)27-18-8-4-3-7-17(18)26-19(27)13-9-11-14(12-10-13)25-20(28)15-5-1-2-6-16(15)24/h1-12,21H,(H,25,28). The normalized spacial score (nSPS) is 11.1. The number of benzene rings is 3. The number of para-hydroxylation sites is 2. The van der Waals surface area contributed by atoms with Gasteiger partial charge in [-0.05, 0) is 71.1 Å². The maximum atomic E-state index is 13.6. The molecular formula is C21H14F2IN3O. The SMILES string of the molecule is O=C(Nc1ccc(-c2nc3ccccc3n2C(F)F)cc1)c1ccccc1I. The molecule has 0 aliphatic rings. The fraction of sp³-hybridized carbons (Fsp3) is 0.0476. The molecule has 1 aromatic heterocycles. The van der Waals surface area contributed by atoms with Gasteiger partial charge < -0.3 is 5.32 Å². The Hall–Kier alpha value is -2.81. The van der Waals surface area contributed by atoms with Crippen molar-refractivity contribution in [3.63, 3.8) is 0 Å². The number of nitrogens with zero attached hydrogens (tertiary/aromatic N) is 2. The van der Waals surface area contributed by atoms with E-state index in [0.29, 0.717) is 27.8 Å². The van der Waals surface area contributed by atoms with Crippen LogP contribution in [0.1, 0.15) is 16.9 Å². The van der Waals surface area contributed by atoms with Gasteiger partial charge in [-0.2, -0.15) is 8.78 Å². The van der Waals surface area contributed by atoms with Gasteiger partial charge in [-0.25, -0.2) is 4.98 Å². The van der Waals surface area contributed by atoms with Gasteiger partial charge in [-0.3, -0.25) is 9.36 Å². The number of hydrogen-bond acceptors (Lipinski definition) is 2. The summed E-state index contributed by atoms with van der Waals surface area (Å²) < 4.78 is 29.0. The summed E-state index contributed by atoms with van der Waals surface area (Å²) in [4.78, 5) is 16.8. The number of carbonyl (C=O) groups excluding carboxylic acids is 1. The fourth-order valence-corrected chi connectivity index (χ4v) is 3.62. The van der Waals surface area contributed by atoms with Crippen LogP contribution < -0.4 is 5.32 Å². The Morgan fingerprint density at radius 1 is 0.964 bits per heavy atom. The van der Waals surface area contributed by atoms with Gasteiger partial charge >= 0.3 is 6.55 Å². The lowest BCUT2D eigenvalue weighted by molar-refractivity contribution is 0.0764. The predicted octanol–water partition coefficient (Wildman–Crippen LogP) is 5.96. The number of aromatic nitrogens is 2. The van der Waals surface area contributed by atoms with E-state index < -0.39 is 6.55 Å². The number of rotatable bonds is 4. The maximum absolute atomic E-state index is 13.6. The molecule has 3 aromatic carbocycles. The Labute approximate surface area is 173 Å². The Balaban J connectivity index is 1.64. The number of amides is 1. The lowest BCUT2D eigenvalue weighted by Crippen LogP contribution is -2.13. The highest BCUT2D eigenvalue weighted by Gasteiger charge is 2.18. The quantitative estimate of drug-likeness (QED) is 0.360. The van der Waals surface area contributed by atoms with Crippen molar-refractivity contribution in [3.05, 3.63) is 81.9 Å². The molecule has 0 saturated heterocycles. The molecule has 140 valence electrons. The van der Waals surface area contributed by atoms with Crippen LogP contribution in [0.3, 0.4) is 0 Å². The van der Waals surface area contributed by atoms with Crippen molar-refractivity contribution in [3.8, 4) is 11.4 Å². The zero-order chi connectivity index (χ0) is 19.7. The van der Waals surface area contributed by atoms with E-state index in [1.165, 1.54) is 0 Å². The van der Waals surface area contributed by atoms with Crippen LogP contribution in [0.5, 0.6) is 0 Å². The highest BCUT2D eigenvalue weighted by atomic mass is 127. The number of halogens is 3. The number of carbonyl (C=O) groups is 1. The average molecular weight is 489 g/mol. The first-order valence-electron chi connectivity index (χ1n) is 8.46. The molecule has 1 amide bonds. The van der Waals surface area contributed by atoms with Crippen LogP contribution in [-0.4, -0.2) is 15.5 Å². The van der Waals surface area contributed by atoms with Crippen molar-refractivity contribution in [1.29, 1.82) is 0 Å². The van der Waals surface area contributed by atoms with Gasteiger partial charge in [0.05, 0.1) is 16.6 Å². The molecule has 0 aliphatic carbocycles. The summed E-state index contributed by atoms with van der Waals surface area (Å²) >= 11 is 2.10. The van der Waals surface area contributed by atoms with E-state index in [1.807, 2.05) is 12.1 Å². The molecule has 0 aliphatic heterocycles. The molecule has 0 radical (unpaired) electrons. The minimum Gasteiger partial charge on any atom is -0.322 e. The number of imidazole rings is 1. The summed E-state index contributed by atoms with van der Waals surface area (Å²) in [6.45, 7) is -2.71. The summed E-state index contributed by atoms with van der Waals surface area (Å²) in [6.07, 6.45) is 0. The van der Waals surface area contributed by atoms with Crippen molar-refractivity contribution in [1.82, 2.24) is 9.55 Å². The van der Waals surface area contributed by atoms with Gasteiger partial charge in [0.25, 0.3) is 5.91 Å². The Bertz CT molecular complexity index is 1160. The molecule has 7 heteroatoms. The molecule has 0 spiro atoms. The largest absolute Gasteiger partial charge is 0.322 e. The third-order valence-electron chi connectivity index (χ3n) is 4.31. The molecule has 4 rings (SSSR count). The van der Waals surface area contributed by atoms with Crippen molar-refractivity contribution in [2.75, 3.05) is 5.32 Å². The second-order valence-corrected chi connectivity index (χ2v) is 7.25. The number of hydrogen-bond donors (Lipinski definition) is 1. The summed E-state index contributed by atoms with van der Waals surface area (Å²) in [6, 6.07) is 20.8. The van der Waals surface area contributed by atoms with E-state index in [2.05, 4.69) is 32.9 Å². The molecule has 4 aromatic rings. The molecule has 28 heavy (non-hydrogen) atoms. The number of fused-ring (bicyclic) bond motifs is 1. The summed E-state index contributed by atoms with van der Waals surface area (Å²) in [5, 5.41) is 2.82. The molecule has 0 bridgehead atoms. The number of alkyl halides is 2. The van der Waals surface area contributed by atoms with Crippen molar-refractivity contribution < 1.29 is 13.6 Å². The second-order valence-electron chi connectivity index (χ2n) is 6.08. The predicted molar refractivity (Wildman–Crippen MR) is 114 cm³/mol. The van der Waals surface area contributed by atoms with E-state index >= 15 is 0 Å². The van der Waals surface area contributed by atoms with Crippen LogP contribution in [0.15, 0.2) is 72.8 Å². The van der Waals surface area contributed by atoms with E-state index in [9.17, 15) is 13.6 Å². The molecule has 0 atom stereocenters. The Morgan fingerprint density at radius 3 is 2.36 bits per heavy atom. The zero-order valence-electron chi connectivity index (χ0n) is 14.4. The van der Waals surface area contributed by atoms with Crippen LogP contribution in [0.2, 0.25) is 0 Å². The summed E-state index contributed by atoms with van der Waals surface area (Å²) in [5.41, 5.74) is 2.58. The average Bonchev–Trinajstić information content (AvgIpc) is 3.08. The highest BCUT2D eigenvalue weighted by molar-refractivity contribution is 14.1. The monoisotopic (exact) mass is 489 g/mol. The van der Waals surface area contributed by atoms with Gasteiger partial charge in [-0.15, -0.1) is 0 Å². The highest BCUT2D eigenvalue weighted by Crippen LogP contribution is 2.30. The van der Waals surface area contributed by atoms with E-state index in [0.717, 1.165) is 8.14 Å². The molecule has 1 heterocycles. The molecule has 0 saturated carbocycles. The topological polar surface area (TPSA) is 46.9 Å². The van der Waals surface area contributed by atoms with Gasteiger partial charge in [0.15, 0.2) is 0 Å². The van der Waals surface area contributed by atoms with Gasteiger partial charge in [0.1, 0.15) is 5.82 Å². The fourth-order valence-electron chi connectivity index (χ4n) is 2.99. The Kier molecular flexibility index (Phi) is 5.08. The second kappa shape index (κ2) is 7.67. The molecule has 0 unspecified atom stereocenters. The summed E-state index contributed by atoms with van der Waals surface area (Å²) in [7, 11) is 0. The zero-order valence-corrected chi connectivity index (χ0v) is 16.6. The van der Waals surface area contributed by atoms with Crippen molar-refractivity contribution >= 4 is 45.2 Å². The third kappa shape index (κ3) is 3.49. The molecular weight excluding hydrogens is 475 g/mol. The van der Waals surface area contributed by atoms with Crippen molar-refractivity contribution in [2.24, 2.45) is 0 Å². The minimum absolute atomic E-state index is 0.187. The first-order chi connectivity index (χ1) is 13.5. The van der Waals surface area contributed by atoms with E-state index in [4.69, 9.17) is 0 Å².